The highest BCUT2D eigenvalue weighted by Gasteiger charge is 2.29. The lowest BCUT2D eigenvalue weighted by Crippen LogP contribution is -2.28. The van der Waals surface area contributed by atoms with E-state index in [0.717, 1.165) is 18.2 Å². The second-order valence-electron chi connectivity index (χ2n) is 4.79. The molecule has 4 nitrogen and oxygen atoms in total. The van der Waals surface area contributed by atoms with Crippen LogP contribution in [0.3, 0.4) is 0 Å². The lowest BCUT2D eigenvalue weighted by atomic mass is 10.1. The topological polar surface area (TPSA) is 61.4 Å². The van der Waals surface area contributed by atoms with Gasteiger partial charge in [-0.1, -0.05) is 28.1 Å². The van der Waals surface area contributed by atoms with Crippen LogP contribution in [0.1, 0.15) is 11.1 Å². The van der Waals surface area contributed by atoms with Crippen LogP contribution in [0.15, 0.2) is 40.9 Å². The molecule has 3 N–H and O–H groups in total. The first-order valence-electron chi connectivity index (χ1n) is 6.56. The van der Waals surface area contributed by atoms with Crippen molar-refractivity contribution in [3.8, 4) is 5.75 Å². The van der Waals surface area contributed by atoms with Crippen molar-refractivity contribution in [2.45, 2.75) is 12.7 Å². The van der Waals surface area contributed by atoms with Crippen molar-refractivity contribution in [3.63, 3.8) is 0 Å². The van der Waals surface area contributed by atoms with E-state index in [1.165, 1.54) is 18.2 Å². The molecule has 24 heavy (non-hydrogen) atoms. The molecule has 0 saturated carbocycles. The van der Waals surface area contributed by atoms with Crippen molar-refractivity contribution < 1.29 is 27.5 Å². The zero-order valence-corrected chi connectivity index (χ0v) is 13.5. The number of aromatic hydroxyl groups is 1. The van der Waals surface area contributed by atoms with Gasteiger partial charge in [0, 0.05) is 11.0 Å². The third-order valence-corrected chi connectivity index (χ3v) is 3.47. The van der Waals surface area contributed by atoms with E-state index < -0.39 is 29.3 Å². The van der Waals surface area contributed by atoms with Crippen LogP contribution in [-0.2, 0) is 12.7 Å². The summed E-state index contributed by atoms with van der Waals surface area (Å²) >= 11 is 3.02. The van der Waals surface area contributed by atoms with Crippen LogP contribution >= 0.6 is 15.9 Å². The predicted molar refractivity (Wildman–Crippen MR) is 83.1 cm³/mol. The Hall–Kier alpha value is -2.29. The Morgan fingerprint density at radius 1 is 1.17 bits per heavy atom. The fourth-order valence-corrected chi connectivity index (χ4v) is 2.25. The molecular weight excluding hydrogens is 396 g/mol. The zero-order chi connectivity index (χ0) is 17.9. The highest BCUT2D eigenvalue weighted by atomic mass is 79.9. The summed E-state index contributed by atoms with van der Waals surface area (Å²) in [5.74, 6) is -1.63. The highest BCUT2D eigenvalue weighted by Crippen LogP contribution is 2.30. The summed E-state index contributed by atoms with van der Waals surface area (Å²) in [5.41, 5.74) is -0.486. The average molecular weight is 407 g/mol. The van der Waals surface area contributed by atoms with E-state index in [4.69, 9.17) is 0 Å². The highest BCUT2D eigenvalue weighted by molar-refractivity contribution is 9.10. The number of phenols is 1. The van der Waals surface area contributed by atoms with Gasteiger partial charge in [0.2, 0.25) is 0 Å². The molecule has 2 amide bonds. The summed E-state index contributed by atoms with van der Waals surface area (Å²) in [6.45, 7) is -0.0405. The van der Waals surface area contributed by atoms with E-state index >= 15 is 0 Å². The number of benzene rings is 2. The van der Waals surface area contributed by atoms with Crippen molar-refractivity contribution in [3.05, 3.63) is 57.8 Å². The molecule has 0 aliphatic rings. The van der Waals surface area contributed by atoms with Gasteiger partial charge in [0.15, 0.2) is 11.6 Å². The van der Waals surface area contributed by atoms with Gasteiger partial charge in [-0.05, 0) is 29.8 Å². The van der Waals surface area contributed by atoms with E-state index in [-0.39, 0.29) is 12.2 Å². The number of rotatable bonds is 3. The number of nitrogens with one attached hydrogen (secondary N) is 2. The number of alkyl halides is 3. The molecule has 2 aromatic carbocycles. The Morgan fingerprint density at radius 3 is 2.38 bits per heavy atom. The third kappa shape index (κ3) is 4.60. The lowest BCUT2D eigenvalue weighted by Gasteiger charge is -2.11. The minimum atomic E-state index is -4.42. The standard InChI is InChI=1S/C15H11BrF4N2O2/c16-10-5-11(17)13(23)12(6-10)22-14(24)21-7-8-1-3-9(4-2-8)15(18,19)20/h1-6,23H,7H2,(H2,21,22,24). The van der Waals surface area contributed by atoms with Gasteiger partial charge in [0.25, 0.3) is 0 Å². The van der Waals surface area contributed by atoms with Crippen LogP contribution in [-0.4, -0.2) is 11.1 Å². The average Bonchev–Trinajstić information content (AvgIpc) is 2.49. The Bertz CT molecular complexity index is 748. The van der Waals surface area contributed by atoms with Gasteiger partial charge >= 0.3 is 12.2 Å². The first-order valence-corrected chi connectivity index (χ1v) is 7.35. The third-order valence-electron chi connectivity index (χ3n) is 3.01. The van der Waals surface area contributed by atoms with E-state index in [1.54, 1.807) is 0 Å². The van der Waals surface area contributed by atoms with Crippen LogP contribution in [0.25, 0.3) is 0 Å². The molecule has 0 atom stereocenters. The van der Waals surface area contributed by atoms with E-state index in [1.807, 2.05) is 0 Å². The maximum absolute atomic E-state index is 13.3. The molecule has 0 aliphatic heterocycles. The van der Waals surface area contributed by atoms with Crippen LogP contribution in [0.5, 0.6) is 5.75 Å². The van der Waals surface area contributed by atoms with Gasteiger partial charge < -0.3 is 15.7 Å². The molecule has 0 saturated heterocycles. The van der Waals surface area contributed by atoms with Gasteiger partial charge in [0.1, 0.15) is 0 Å². The van der Waals surface area contributed by atoms with Crippen molar-refractivity contribution >= 4 is 27.6 Å². The Labute approximate surface area is 142 Å². The monoisotopic (exact) mass is 406 g/mol. The number of carbonyl (C=O) groups is 1. The summed E-state index contributed by atoms with van der Waals surface area (Å²) in [4.78, 5) is 11.7. The van der Waals surface area contributed by atoms with Gasteiger partial charge in [-0.15, -0.1) is 0 Å². The first kappa shape index (κ1) is 18.1. The largest absolute Gasteiger partial charge is 0.503 e. The summed E-state index contributed by atoms with van der Waals surface area (Å²) in [5, 5.41) is 14.2. The van der Waals surface area contributed by atoms with Gasteiger partial charge in [0.05, 0.1) is 11.3 Å². The molecule has 0 radical (unpaired) electrons. The quantitative estimate of drug-likeness (QED) is 0.513. The van der Waals surface area contributed by atoms with Crippen molar-refractivity contribution in [2.75, 3.05) is 5.32 Å². The van der Waals surface area contributed by atoms with E-state index in [9.17, 15) is 27.5 Å². The van der Waals surface area contributed by atoms with E-state index in [2.05, 4.69) is 26.6 Å². The molecule has 2 aromatic rings. The molecule has 0 aliphatic carbocycles. The summed E-state index contributed by atoms with van der Waals surface area (Å²) in [6, 6.07) is 5.87. The minimum absolute atomic E-state index is 0.0405. The van der Waals surface area contributed by atoms with Gasteiger partial charge in [-0.3, -0.25) is 0 Å². The molecular formula is C15H11BrF4N2O2. The minimum Gasteiger partial charge on any atom is -0.503 e. The maximum atomic E-state index is 13.3. The second-order valence-corrected chi connectivity index (χ2v) is 5.70. The number of carbonyl (C=O) groups excluding carboxylic acids is 1. The Kier molecular flexibility index (Phi) is 5.33. The molecule has 0 heterocycles. The second kappa shape index (κ2) is 7.08. The number of halogens is 5. The molecule has 9 heteroatoms. The molecule has 2 rings (SSSR count). The predicted octanol–water partition coefficient (Wildman–Crippen LogP) is 4.63. The normalized spacial score (nSPS) is 11.2. The SMILES string of the molecule is O=C(NCc1ccc(C(F)(F)F)cc1)Nc1cc(Br)cc(F)c1O. The van der Waals surface area contributed by atoms with Crippen LogP contribution in [0.2, 0.25) is 0 Å². The van der Waals surface area contributed by atoms with Crippen LogP contribution < -0.4 is 10.6 Å². The summed E-state index contributed by atoms with van der Waals surface area (Å²) in [7, 11) is 0. The first-order chi connectivity index (χ1) is 11.2. The van der Waals surface area contributed by atoms with Gasteiger partial charge in [-0.2, -0.15) is 13.2 Å². The number of anilines is 1. The number of hydrogen-bond donors (Lipinski definition) is 3. The molecule has 0 fully saturated rings. The van der Waals surface area contributed by atoms with Crippen LogP contribution in [0.4, 0.5) is 28.0 Å². The Balaban J connectivity index is 1.96. The lowest BCUT2D eigenvalue weighted by molar-refractivity contribution is -0.137. The number of amides is 2. The van der Waals surface area contributed by atoms with E-state index in [0.29, 0.717) is 10.0 Å². The zero-order valence-electron chi connectivity index (χ0n) is 11.9. The molecule has 0 unspecified atom stereocenters. The fraction of sp³-hybridized carbons (Fsp3) is 0.133. The van der Waals surface area contributed by atoms with Gasteiger partial charge in [-0.25, -0.2) is 9.18 Å². The van der Waals surface area contributed by atoms with Crippen LogP contribution in [0, 0.1) is 5.82 Å². The summed E-state index contributed by atoms with van der Waals surface area (Å²) in [6.07, 6.45) is -4.42. The molecule has 128 valence electrons. The van der Waals surface area contributed by atoms with Crippen molar-refractivity contribution in [1.29, 1.82) is 0 Å². The maximum Gasteiger partial charge on any atom is 0.416 e. The number of hydrogen-bond acceptors (Lipinski definition) is 2. The van der Waals surface area contributed by atoms with Crippen molar-refractivity contribution in [1.82, 2.24) is 5.32 Å². The molecule has 0 bridgehead atoms. The van der Waals surface area contributed by atoms with Crippen molar-refractivity contribution in [2.24, 2.45) is 0 Å². The number of phenolic OH excluding ortho intramolecular Hbond substituents is 1. The smallest absolute Gasteiger partial charge is 0.416 e. The Morgan fingerprint density at radius 2 is 1.79 bits per heavy atom. The summed E-state index contributed by atoms with van der Waals surface area (Å²) < 4.78 is 51.0. The number of urea groups is 1. The fourth-order valence-electron chi connectivity index (χ4n) is 1.82. The molecule has 0 aromatic heterocycles. The molecule has 0 spiro atoms.